The molecule has 0 spiro atoms. The van der Waals surface area contributed by atoms with Crippen molar-refractivity contribution >= 4 is 11.7 Å². The zero-order chi connectivity index (χ0) is 18.6. The fourth-order valence-corrected chi connectivity index (χ4v) is 3.56. The van der Waals surface area contributed by atoms with Crippen molar-refractivity contribution in [2.24, 2.45) is 0 Å². The van der Waals surface area contributed by atoms with Gasteiger partial charge in [0.15, 0.2) is 0 Å². The number of amides is 2. The third kappa shape index (κ3) is 4.07. The number of rotatable bonds is 3. The first-order valence-corrected chi connectivity index (χ1v) is 9.10. The molecule has 0 aliphatic carbocycles. The molecule has 4 rings (SSSR count). The number of hydrogen-bond acceptors (Lipinski definition) is 7. The van der Waals surface area contributed by atoms with Crippen LogP contribution < -0.4 is 5.32 Å². The van der Waals surface area contributed by atoms with Gasteiger partial charge in [0.25, 0.3) is 0 Å². The van der Waals surface area contributed by atoms with E-state index in [-0.39, 0.29) is 12.1 Å². The van der Waals surface area contributed by atoms with Gasteiger partial charge in [-0.2, -0.15) is 0 Å². The maximum absolute atomic E-state index is 12.7. The van der Waals surface area contributed by atoms with E-state index in [2.05, 4.69) is 25.7 Å². The summed E-state index contributed by atoms with van der Waals surface area (Å²) >= 11 is 0. The van der Waals surface area contributed by atoms with Gasteiger partial charge in [0.05, 0.1) is 31.0 Å². The summed E-state index contributed by atoms with van der Waals surface area (Å²) in [6, 6.07) is 7.27. The molecule has 10 nitrogen and oxygen atoms in total. The number of aliphatic hydroxyl groups excluding tert-OH is 1. The van der Waals surface area contributed by atoms with Crippen LogP contribution in [0.3, 0.4) is 0 Å². The van der Waals surface area contributed by atoms with Gasteiger partial charge in [-0.05, 0) is 35.0 Å². The number of benzene rings is 1. The van der Waals surface area contributed by atoms with Gasteiger partial charge in [-0.25, -0.2) is 9.48 Å². The van der Waals surface area contributed by atoms with Crippen molar-refractivity contribution in [3.63, 3.8) is 0 Å². The Morgan fingerprint density at radius 2 is 2.15 bits per heavy atom. The second-order valence-electron chi connectivity index (χ2n) is 6.78. The Balaban J connectivity index is 1.37. The molecule has 3 heterocycles. The summed E-state index contributed by atoms with van der Waals surface area (Å²) in [4.78, 5) is 16.7. The summed E-state index contributed by atoms with van der Waals surface area (Å²) in [5.74, 6) is 0. The molecule has 2 aliphatic rings. The van der Waals surface area contributed by atoms with Crippen LogP contribution in [0.4, 0.5) is 10.5 Å². The van der Waals surface area contributed by atoms with Crippen LogP contribution in [0.1, 0.15) is 6.42 Å². The van der Waals surface area contributed by atoms with Gasteiger partial charge in [0.2, 0.25) is 0 Å². The third-order valence-electron chi connectivity index (χ3n) is 5.02. The van der Waals surface area contributed by atoms with Gasteiger partial charge in [-0.3, -0.25) is 4.90 Å². The number of nitrogens with one attached hydrogen (secondary N) is 1. The van der Waals surface area contributed by atoms with E-state index in [1.165, 1.54) is 11.0 Å². The van der Waals surface area contributed by atoms with Gasteiger partial charge in [-0.15, -0.1) is 5.10 Å². The smallest absolute Gasteiger partial charge is 0.321 e. The SMILES string of the molecule is O=C(Nc1cccc(-n2cnnn2)c1)N1CCCN([C@H]2COC[C@@H]2O)CC1. The maximum Gasteiger partial charge on any atom is 0.321 e. The molecule has 2 saturated heterocycles. The Labute approximate surface area is 156 Å². The monoisotopic (exact) mass is 373 g/mol. The molecule has 2 fully saturated rings. The first-order chi connectivity index (χ1) is 13.2. The molecular formula is C17H23N7O3. The molecule has 0 bridgehead atoms. The topological polar surface area (TPSA) is 109 Å². The van der Waals surface area contributed by atoms with Crippen LogP contribution in [-0.2, 0) is 4.74 Å². The molecule has 1 aromatic heterocycles. The first-order valence-electron chi connectivity index (χ1n) is 9.10. The van der Waals surface area contributed by atoms with Crippen molar-refractivity contribution < 1.29 is 14.6 Å². The van der Waals surface area contributed by atoms with E-state index in [1.54, 1.807) is 0 Å². The molecule has 0 saturated carbocycles. The predicted octanol–water partition coefficient (Wildman–Crippen LogP) is -0.0384. The fourth-order valence-electron chi connectivity index (χ4n) is 3.56. The molecule has 10 heteroatoms. The Kier molecular flexibility index (Phi) is 5.28. The van der Waals surface area contributed by atoms with E-state index in [0.29, 0.717) is 32.0 Å². The number of tetrazole rings is 1. The molecule has 144 valence electrons. The van der Waals surface area contributed by atoms with Gasteiger partial charge in [0, 0.05) is 31.9 Å². The van der Waals surface area contributed by atoms with Crippen LogP contribution in [0.2, 0.25) is 0 Å². The Morgan fingerprint density at radius 1 is 1.22 bits per heavy atom. The summed E-state index contributed by atoms with van der Waals surface area (Å²) < 4.78 is 6.89. The van der Waals surface area contributed by atoms with E-state index in [9.17, 15) is 9.90 Å². The molecule has 2 atom stereocenters. The van der Waals surface area contributed by atoms with Crippen LogP contribution in [0, 0.1) is 0 Å². The van der Waals surface area contributed by atoms with E-state index in [0.717, 1.165) is 25.2 Å². The van der Waals surface area contributed by atoms with Gasteiger partial charge in [-0.1, -0.05) is 6.07 Å². The van der Waals surface area contributed by atoms with Crippen LogP contribution in [0.25, 0.3) is 5.69 Å². The fraction of sp³-hybridized carbons (Fsp3) is 0.529. The molecule has 2 aromatic rings. The van der Waals surface area contributed by atoms with E-state index < -0.39 is 6.10 Å². The highest BCUT2D eigenvalue weighted by molar-refractivity contribution is 5.89. The van der Waals surface area contributed by atoms with Crippen molar-refractivity contribution in [1.82, 2.24) is 30.0 Å². The lowest BCUT2D eigenvalue weighted by atomic mass is 10.2. The van der Waals surface area contributed by atoms with Crippen molar-refractivity contribution in [3.8, 4) is 5.69 Å². The lowest BCUT2D eigenvalue weighted by molar-refractivity contribution is 0.0845. The number of nitrogens with zero attached hydrogens (tertiary/aromatic N) is 6. The lowest BCUT2D eigenvalue weighted by Crippen LogP contribution is -2.45. The number of aromatic nitrogens is 4. The predicted molar refractivity (Wildman–Crippen MR) is 96.5 cm³/mol. The molecule has 0 unspecified atom stereocenters. The summed E-state index contributed by atoms with van der Waals surface area (Å²) in [5.41, 5.74) is 1.46. The highest BCUT2D eigenvalue weighted by atomic mass is 16.5. The normalized spacial score (nSPS) is 24.0. The van der Waals surface area contributed by atoms with Crippen molar-refractivity contribution in [3.05, 3.63) is 30.6 Å². The summed E-state index contributed by atoms with van der Waals surface area (Å²) in [6.45, 7) is 3.81. The van der Waals surface area contributed by atoms with Crippen LogP contribution >= 0.6 is 0 Å². The van der Waals surface area contributed by atoms with Crippen LogP contribution in [0.15, 0.2) is 30.6 Å². The van der Waals surface area contributed by atoms with E-state index in [1.807, 2.05) is 29.2 Å². The highest BCUT2D eigenvalue weighted by Gasteiger charge is 2.33. The number of hydrogen-bond donors (Lipinski definition) is 2. The highest BCUT2D eigenvalue weighted by Crippen LogP contribution is 2.17. The number of urea groups is 1. The second-order valence-corrected chi connectivity index (χ2v) is 6.78. The maximum atomic E-state index is 12.7. The number of carbonyl (C=O) groups excluding carboxylic acids is 1. The standard InChI is InChI=1S/C17H23N7O3/c25-16-11-27-10-15(16)22-5-2-6-23(8-7-22)17(26)19-13-3-1-4-14(9-13)24-12-18-20-21-24/h1,3-4,9,12,15-16,25H,2,5-8,10-11H2,(H,19,26)/t15-,16-/m0/s1. The number of anilines is 1. The lowest BCUT2D eigenvalue weighted by Gasteiger charge is -2.28. The van der Waals surface area contributed by atoms with Gasteiger partial charge in [0.1, 0.15) is 6.33 Å². The van der Waals surface area contributed by atoms with Crippen LogP contribution in [-0.4, -0.2) is 92.7 Å². The van der Waals surface area contributed by atoms with Crippen molar-refractivity contribution in [1.29, 1.82) is 0 Å². The minimum absolute atomic E-state index is 0.0287. The Hall–Kier alpha value is -2.56. The summed E-state index contributed by atoms with van der Waals surface area (Å²) in [6.07, 6.45) is 1.92. The summed E-state index contributed by atoms with van der Waals surface area (Å²) in [5, 5.41) is 24.1. The van der Waals surface area contributed by atoms with Gasteiger partial charge < -0.3 is 20.1 Å². The minimum Gasteiger partial charge on any atom is -0.389 e. The number of carbonyl (C=O) groups is 1. The Bertz CT molecular complexity index is 770. The average molecular weight is 373 g/mol. The van der Waals surface area contributed by atoms with E-state index in [4.69, 9.17) is 4.74 Å². The molecule has 0 radical (unpaired) electrons. The van der Waals surface area contributed by atoms with Crippen molar-refractivity contribution in [2.45, 2.75) is 18.6 Å². The quantitative estimate of drug-likeness (QED) is 0.777. The number of aliphatic hydroxyl groups is 1. The summed E-state index contributed by atoms with van der Waals surface area (Å²) in [7, 11) is 0. The average Bonchev–Trinajstić information content (AvgIpc) is 3.29. The molecule has 1 aromatic carbocycles. The zero-order valence-electron chi connectivity index (χ0n) is 14.9. The second kappa shape index (κ2) is 7.99. The van der Waals surface area contributed by atoms with Crippen LogP contribution in [0.5, 0.6) is 0 Å². The van der Waals surface area contributed by atoms with Crippen molar-refractivity contribution in [2.75, 3.05) is 44.7 Å². The molecule has 2 amide bonds. The largest absolute Gasteiger partial charge is 0.389 e. The molecule has 2 aliphatic heterocycles. The Morgan fingerprint density at radius 3 is 2.93 bits per heavy atom. The minimum atomic E-state index is -0.445. The molecule has 2 N–H and O–H groups in total. The molecule has 27 heavy (non-hydrogen) atoms. The number of ether oxygens (including phenoxy) is 1. The van der Waals surface area contributed by atoms with E-state index >= 15 is 0 Å². The zero-order valence-corrected chi connectivity index (χ0v) is 14.9. The van der Waals surface area contributed by atoms with Gasteiger partial charge >= 0.3 is 6.03 Å². The third-order valence-corrected chi connectivity index (χ3v) is 5.02. The first kappa shape index (κ1) is 17.8. The molecular weight excluding hydrogens is 350 g/mol.